The average Bonchev–Trinajstić information content (AvgIpc) is 2.72. The van der Waals surface area contributed by atoms with Gasteiger partial charge in [-0.15, -0.1) is 0 Å². The first kappa shape index (κ1) is 7.60. The molecule has 1 saturated carbocycles. The fourth-order valence-electron chi connectivity index (χ4n) is 1.23. The zero-order valence-electron chi connectivity index (χ0n) is 6.85. The molecule has 0 N–H and O–H groups in total. The normalized spacial score (nSPS) is 23.3. The molecule has 1 rings (SSSR count). The molecule has 0 radical (unpaired) electrons. The van der Waals surface area contributed by atoms with Gasteiger partial charge in [0.15, 0.2) is 0 Å². The monoisotopic (exact) mass is 137 g/mol. The van der Waals surface area contributed by atoms with Gasteiger partial charge < -0.3 is 0 Å². The van der Waals surface area contributed by atoms with Crippen LogP contribution >= 0.6 is 0 Å². The molecule has 1 aliphatic rings. The van der Waals surface area contributed by atoms with Crippen molar-refractivity contribution in [2.75, 3.05) is 0 Å². The van der Waals surface area contributed by atoms with Crippen molar-refractivity contribution in [1.82, 2.24) is 0 Å². The van der Waals surface area contributed by atoms with E-state index in [1.54, 1.807) is 0 Å². The lowest BCUT2D eigenvalue weighted by Crippen LogP contribution is -2.12. The lowest BCUT2D eigenvalue weighted by atomic mass is 9.84. The van der Waals surface area contributed by atoms with E-state index in [0.717, 1.165) is 18.8 Å². The van der Waals surface area contributed by atoms with Crippen LogP contribution in [0.25, 0.3) is 0 Å². The highest BCUT2D eigenvalue weighted by molar-refractivity contribution is 4.97. The summed E-state index contributed by atoms with van der Waals surface area (Å²) in [5.41, 5.74) is -0.0266. The van der Waals surface area contributed by atoms with Crippen LogP contribution in [0, 0.1) is 22.7 Å². The molecule has 0 spiro atoms. The Morgan fingerprint density at radius 2 is 2.20 bits per heavy atom. The summed E-state index contributed by atoms with van der Waals surface area (Å²) in [6.07, 6.45) is 4.84. The van der Waals surface area contributed by atoms with Crippen molar-refractivity contribution in [3.63, 3.8) is 0 Å². The highest BCUT2D eigenvalue weighted by atomic mass is 14.4. The van der Waals surface area contributed by atoms with E-state index in [1.807, 2.05) is 0 Å². The Bertz CT molecular complexity index is 153. The first-order valence-corrected chi connectivity index (χ1v) is 4.11. The van der Waals surface area contributed by atoms with Gasteiger partial charge >= 0.3 is 0 Å². The fraction of sp³-hybridized carbons (Fsp3) is 0.889. The van der Waals surface area contributed by atoms with Crippen LogP contribution in [0.1, 0.15) is 39.5 Å². The molecule has 1 atom stereocenters. The van der Waals surface area contributed by atoms with E-state index < -0.39 is 0 Å². The second kappa shape index (κ2) is 2.62. The van der Waals surface area contributed by atoms with E-state index in [1.165, 1.54) is 12.8 Å². The number of hydrogen-bond donors (Lipinski definition) is 0. The Labute approximate surface area is 63.0 Å². The van der Waals surface area contributed by atoms with Crippen LogP contribution in [0.2, 0.25) is 0 Å². The zero-order chi connectivity index (χ0) is 7.61. The Balaban J connectivity index is 2.39. The molecule has 0 saturated heterocycles. The summed E-state index contributed by atoms with van der Waals surface area (Å²) >= 11 is 0. The summed E-state index contributed by atoms with van der Waals surface area (Å²) in [4.78, 5) is 0. The van der Waals surface area contributed by atoms with E-state index >= 15 is 0 Å². The predicted octanol–water partition coefficient (Wildman–Crippen LogP) is 2.73. The molecule has 0 aliphatic heterocycles. The SMILES string of the molecule is CCC(C)(C#N)CC1CC1. The first-order valence-electron chi connectivity index (χ1n) is 4.11. The predicted molar refractivity (Wildman–Crippen MR) is 41.4 cm³/mol. The molecular weight excluding hydrogens is 122 g/mol. The minimum atomic E-state index is -0.0266. The van der Waals surface area contributed by atoms with Crippen LogP contribution < -0.4 is 0 Å². The molecule has 1 nitrogen and oxygen atoms in total. The van der Waals surface area contributed by atoms with Crippen molar-refractivity contribution in [1.29, 1.82) is 5.26 Å². The molecule has 0 amide bonds. The second-order valence-electron chi connectivity index (χ2n) is 3.67. The molecule has 0 heterocycles. The van der Waals surface area contributed by atoms with Crippen molar-refractivity contribution in [2.45, 2.75) is 39.5 Å². The third kappa shape index (κ3) is 1.73. The average molecular weight is 137 g/mol. The van der Waals surface area contributed by atoms with Crippen molar-refractivity contribution < 1.29 is 0 Å². The minimum absolute atomic E-state index is 0.0266. The van der Waals surface area contributed by atoms with Gasteiger partial charge in [0.2, 0.25) is 0 Å². The zero-order valence-corrected chi connectivity index (χ0v) is 6.85. The van der Waals surface area contributed by atoms with Crippen LogP contribution in [-0.2, 0) is 0 Å². The summed E-state index contributed by atoms with van der Waals surface area (Å²) in [6, 6.07) is 2.40. The minimum Gasteiger partial charge on any atom is -0.198 e. The summed E-state index contributed by atoms with van der Waals surface area (Å²) in [5, 5.41) is 8.81. The van der Waals surface area contributed by atoms with Crippen molar-refractivity contribution >= 4 is 0 Å². The Morgan fingerprint density at radius 3 is 2.50 bits per heavy atom. The maximum atomic E-state index is 8.81. The molecule has 0 aromatic rings. The van der Waals surface area contributed by atoms with E-state index in [-0.39, 0.29) is 5.41 Å². The molecule has 10 heavy (non-hydrogen) atoms. The van der Waals surface area contributed by atoms with Crippen molar-refractivity contribution in [3.05, 3.63) is 0 Å². The molecule has 1 heteroatoms. The molecular formula is C9H15N. The molecule has 1 unspecified atom stereocenters. The maximum Gasteiger partial charge on any atom is 0.0686 e. The van der Waals surface area contributed by atoms with Gasteiger partial charge in [-0.05, 0) is 25.7 Å². The van der Waals surface area contributed by atoms with E-state index in [9.17, 15) is 0 Å². The lowest BCUT2D eigenvalue weighted by Gasteiger charge is -2.17. The number of nitriles is 1. The Kier molecular flexibility index (Phi) is 1.99. The molecule has 0 bridgehead atoms. The summed E-state index contributed by atoms with van der Waals surface area (Å²) < 4.78 is 0. The summed E-state index contributed by atoms with van der Waals surface area (Å²) in [5.74, 6) is 0.879. The molecule has 1 aliphatic carbocycles. The van der Waals surface area contributed by atoms with Crippen LogP contribution in [0.3, 0.4) is 0 Å². The van der Waals surface area contributed by atoms with E-state index in [0.29, 0.717) is 0 Å². The van der Waals surface area contributed by atoms with E-state index in [2.05, 4.69) is 19.9 Å². The number of hydrogen-bond acceptors (Lipinski definition) is 1. The summed E-state index contributed by atoms with van der Waals surface area (Å²) in [6.45, 7) is 4.18. The largest absolute Gasteiger partial charge is 0.198 e. The van der Waals surface area contributed by atoms with Crippen LogP contribution in [0.15, 0.2) is 0 Å². The quantitative estimate of drug-likeness (QED) is 0.586. The maximum absolute atomic E-state index is 8.81. The van der Waals surface area contributed by atoms with Gasteiger partial charge in [-0.25, -0.2) is 0 Å². The highest BCUT2D eigenvalue weighted by Crippen LogP contribution is 2.41. The second-order valence-corrected chi connectivity index (χ2v) is 3.67. The third-order valence-electron chi connectivity index (χ3n) is 2.49. The van der Waals surface area contributed by atoms with Crippen molar-refractivity contribution in [2.24, 2.45) is 11.3 Å². The summed E-state index contributed by atoms with van der Waals surface area (Å²) in [7, 11) is 0. The molecule has 1 fully saturated rings. The van der Waals surface area contributed by atoms with Gasteiger partial charge in [-0.1, -0.05) is 19.8 Å². The number of nitrogens with zero attached hydrogens (tertiary/aromatic N) is 1. The highest BCUT2D eigenvalue weighted by Gasteiger charge is 2.31. The molecule has 0 aromatic carbocycles. The molecule has 0 aromatic heterocycles. The number of rotatable bonds is 3. The van der Waals surface area contributed by atoms with Gasteiger partial charge in [-0.2, -0.15) is 5.26 Å². The van der Waals surface area contributed by atoms with Gasteiger partial charge in [0, 0.05) is 0 Å². The van der Waals surface area contributed by atoms with Gasteiger partial charge in [0.25, 0.3) is 0 Å². The third-order valence-corrected chi connectivity index (χ3v) is 2.49. The lowest BCUT2D eigenvalue weighted by molar-refractivity contribution is 0.367. The Hall–Kier alpha value is -0.510. The van der Waals surface area contributed by atoms with Crippen LogP contribution in [0.5, 0.6) is 0 Å². The van der Waals surface area contributed by atoms with Crippen LogP contribution in [-0.4, -0.2) is 0 Å². The van der Waals surface area contributed by atoms with E-state index in [4.69, 9.17) is 5.26 Å². The standard InChI is InChI=1S/C9H15N/c1-3-9(2,7-10)6-8-4-5-8/h8H,3-6H2,1-2H3. The Morgan fingerprint density at radius 1 is 1.60 bits per heavy atom. The molecule has 56 valence electrons. The van der Waals surface area contributed by atoms with Crippen molar-refractivity contribution in [3.8, 4) is 6.07 Å². The first-order chi connectivity index (χ1) is 4.70. The smallest absolute Gasteiger partial charge is 0.0686 e. The van der Waals surface area contributed by atoms with Crippen LogP contribution in [0.4, 0.5) is 0 Å². The van der Waals surface area contributed by atoms with Gasteiger partial charge in [0.05, 0.1) is 11.5 Å². The fourth-order valence-corrected chi connectivity index (χ4v) is 1.23. The van der Waals surface area contributed by atoms with Gasteiger partial charge in [0.1, 0.15) is 0 Å². The van der Waals surface area contributed by atoms with Gasteiger partial charge in [-0.3, -0.25) is 0 Å². The topological polar surface area (TPSA) is 23.8 Å².